The van der Waals surface area contributed by atoms with E-state index in [4.69, 9.17) is 20.5 Å². The molecule has 0 aromatic heterocycles. The third kappa shape index (κ3) is 15.5. The van der Waals surface area contributed by atoms with E-state index in [1.54, 1.807) is 24.3 Å². The third-order valence-corrected chi connectivity index (χ3v) is 8.45. The molecule has 5 nitrogen and oxygen atoms in total. The van der Waals surface area contributed by atoms with Crippen LogP contribution in [0.3, 0.4) is 0 Å². The minimum Gasteiger partial charge on any atom is -0.461 e. The summed E-state index contributed by atoms with van der Waals surface area (Å²) in [5, 5.41) is 2.80. The Morgan fingerprint density at radius 3 is 1.79 bits per heavy atom. The van der Waals surface area contributed by atoms with Gasteiger partial charge in [-0.1, -0.05) is 127 Å². The van der Waals surface area contributed by atoms with Crippen LogP contribution < -0.4 is 9.61 Å². The molecule has 0 amide bonds. The summed E-state index contributed by atoms with van der Waals surface area (Å²) in [4.78, 5) is 13.5. The number of nitrogens with one attached hydrogen (secondary N) is 1. The van der Waals surface area contributed by atoms with Crippen LogP contribution >= 0.6 is 18.1 Å². The molecular formula is C32H49ClNO4P. The van der Waals surface area contributed by atoms with Gasteiger partial charge in [-0.2, -0.15) is 0 Å². The quantitative estimate of drug-likeness (QED) is 0.0856. The van der Waals surface area contributed by atoms with Crippen molar-refractivity contribution in [2.45, 2.75) is 122 Å². The standard InChI is InChI=1S/C32H49ClNO4P/c1-3-5-7-9-11-17-23-29(24-18-12-10-8-6-4-2)37-32(35)31(27-28-21-15-13-16-22-28)34-39(33,36)38-30-25-19-14-20-26-30/h13-16,19-22,25-26,29,31H,3-12,17-18,23-24,27H2,1-2H3,(H,34,36)/t31-,39?/m0/s1. The molecular weight excluding hydrogens is 529 g/mol. The van der Waals surface area contributed by atoms with Crippen molar-refractivity contribution in [3.63, 3.8) is 0 Å². The molecule has 0 saturated carbocycles. The second-order valence-electron chi connectivity index (χ2n) is 10.4. The van der Waals surface area contributed by atoms with E-state index in [0.717, 1.165) is 44.1 Å². The van der Waals surface area contributed by atoms with Crippen LogP contribution in [0.25, 0.3) is 0 Å². The molecule has 2 atom stereocenters. The lowest BCUT2D eigenvalue weighted by atomic mass is 10.0. The number of carbonyl (C=O) groups excluding carboxylic acids is 1. The van der Waals surface area contributed by atoms with Crippen molar-refractivity contribution in [2.75, 3.05) is 0 Å². The number of unbranched alkanes of at least 4 members (excludes halogenated alkanes) is 10. The molecule has 1 N–H and O–H groups in total. The van der Waals surface area contributed by atoms with E-state index in [2.05, 4.69) is 18.9 Å². The molecule has 2 rings (SSSR count). The second kappa shape index (κ2) is 20.1. The van der Waals surface area contributed by atoms with E-state index >= 15 is 0 Å². The van der Waals surface area contributed by atoms with Crippen LogP contribution in [0.5, 0.6) is 5.75 Å². The van der Waals surface area contributed by atoms with Crippen molar-refractivity contribution in [2.24, 2.45) is 0 Å². The van der Waals surface area contributed by atoms with E-state index in [0.29, 0.717) is 12.2 Å². The first-order chi connectivity index (χ1) is 18.9. The van der Waals surface area contributed by atoms with Gasteiger partial charge in [-0.15, -0.1) is 0 Å². The Hall–Kier alpha value is -1.81. The van der Waals surface area contributed by atoms with Gasteiger partial charge in [-0.25, -0.2) is 9.65 Å². The summed E-state index contributed by atoms with van der Waals surface area (Å²) in [5.74, 6) is -0.0578. The van der Waals surface area contributed by atoms with E-state index in [1.807, 2.05) is 36.4 Å². The molecule has 1 unspecified atom stereocenters. The van der Waals surface area contributed by atoms with Crippen LogP contribution in [-0.4, -0.2) is 18.1 Å². The smallest absolute Gasteiger partial charge is 0.409 e. The highest BCUT2D eigenvalue weighted by atomic mass is 35.7. The maximum atomic E-state index is 13.5. The Bertz CT molecular complexity index is 928. The van der Waals surface area contributed by atoms with Crippen LogP contribution in [0, 0.1) is 0 Å². The van der Waals surface area contributed by atoms with E-state index < -0.39 is 18.9 Å². The highest BCUT2D eigenvalue weighted by molar-refractivity contribution is 7.84. The molecule has 7 heteroatoms. The van der Waals surface area contributed by atoms with Crippen molar-refractivity contribution in [3.8, 4) is 5.75 Å². The number of rotatable bonds is 22. The molecule has 2 aromatic carbocycles. The van der Waals surface area contributed by atoms with Gasteiger partial charge in [0.05, 0.1) is 0 Å². The van der Waals surface area contributed by atoms with Crippen LogP contribution in [-0.2, 0) is 20.5 Å². The lowest BCUT2D eigenvalue weighted by Crippen LogP contribution is -2.39. The van der Waals surface area contributed by atoms with E-state index in [-0.39, 0.29) is 6.10 Å². The topological polar surface area (TPSA) is 64.6 Å². The van der Waals surface area contributed by atoms with Gasteiger partial charge in [0, 0.05) is 11.2 Å². The number of benzene rings is 2. The number of para-hydroxylation sites is 1. The summed E-state index contributed by atoms with van der Waals surface area (Å²) in [6.07, 6.45) is 16.2. The van der Waals surface area contributed by atoms with Gasteiger partial charge < -0.3 is 9.26 Å². The van der Waals surface area contributed by atoms with Gasteiger partial charge in [-0.05, 0) is 49.8 Å². The van der Waals surface area contributed by atoms with Crippen molar-refractivity contribution >= 4 is 24.1 Å². The van der Waals surface area contributed by atoms with Crippen molar-refractivity contribution < 1.29 is 18.6 Å². The minimum atomic E-state index is -3.86. The summed E-state index contributed by atoms with van der Waals surface area (Å²) in [7, 11) is 0. The monoisotopic (exact) mass is 577 g/mol. The third-order valence-electron chi connectivity index (χ3n) is 6.89. The van der Waals surface area contributed by atoms with Crippen LogP contribution in [0.4, 0.5) is 0 Å². The first kappa shape index (κ1) is 33.4. The largest absolute Gasteiger partial charge is 0.461 e. The number of ether oxygens (including phenoxy) is 1. The SMILES string of the molecule is CCCCCCCCC(CCCCCCCC)OC(=O)[C@H](Cc1ccccc1)NP(=O)(Cl)Oc1ccccc1. The maximum Gasteiger partial charge on any atom is 0.409 e. The molecule has 0 fully saturated rings. The number of carbonyl (C=O) groups is 1. The first-order valence-corrected chi connectivity index (χ1v) is 17.5. The zero-order chi connectivity index (χ0) is 28.2. The van der Waals surface area contributed by atoms with E-state index in [9.17, 15) is 9.36 Å². The molecule has 0 heterocycles. The minimum absolute atomic E-state index is 0.153. The average molecular weight is 578 g/mol. The highest BCUT2D eigenvalue weighted by Crippen LogP contribution is 2.48. The average Bonchev–Trinajstić information content (AvgIpc) is 2.92. The molecule has 0 radical (unpaired) electrons. The van der Waals surface area contributed by atoms with Gasteiger partial charge in [0.25, 0.3) is 0 Å². The molecule has 0 aliphatic heterocycles. The predicted molar refractivity (Wildman–Crippen MR) is 163 cm³/mol. The van der Waals surface area contributed by atoms with Gasteiger partial charge in [0.2, 0.25) is 0 Å². The molecule has 218 valence electrons. The van der Waals surface area contributed by atoms with Gasteiger partial charge in [-0.3, -0.25) is 4.79 Å². The first-order valence-electron chi connectivity index (χ1n) is 15.0. The van der Waals surface area contributed by atoms with Crippen molar-refractivity contribution in [1.82, 2.24) is 5.09 Å². The van der Waals surface area contributed by atoms with Crippen LogP contribution in [0.2, 0.25) is 0 Å². The number of hydrogen-bond acceptors (Lipinski definition) is 4. The molecule has 0 aliphatic carbocycles. The fourth-order valence-electron chi connectivity index (χ4n) is 4.67. The fraction of sp³-hybridized carbons (Fsp3) is 0.594. The molecule has 2 aromatic rings. The molecule has 39 heavy (non-hydrogen) atoms. The maximum absolute atomic E-state index is 13.5. The van der Waals surface area contributed by atoms with Gasteiger partial charge >= 0.3 is 12.8 Å². The summed E-state index contributed by atoms with van der Waals surface area (Å²) in [5.41, 5.74) is 0.923. The lowest BCUT2D eigenvalue weighted by molar-refractivity contribution is -0.152. The Morgan fingerprint density at radius 1 is 0.769 bits per heavy atom. The molecule has 0 saturated heterocycles. The number of hydrogen-bond donors (Lipinski definition) is 1. The van der Waals surface area contributed by atoms with Crippen LogP contribution in [0.1, 0.15) is 109 Å². The number of esters is 1. The lowest BCUT2D eigenvalue weighted by Gasteiger charge is -2.25. The highest BCUT2D eigenvalue weighted by Gasteiger charge is 2.32. The Morgan fingerprint density at radius 2 is 1.26 bits per heavy atom. The summed E-state index contributed by atoms with van der Waals surface area (Å²) in [6.45, 7) is 0.588. The summed E-state index contributed by atoms with van der Waals surface area (Å²) >= 11 is 6.31. The summed E-state index contributed by atoms with van der Waals surface area (Å²) < 4.78 is 24.8. The molecule has 0 spiro atoms. The zero-order valence-electron chi connectivity index (χ0n) is 24.0. The number of halogens is 1. The second-order valence-corrected chi connectivity index (χ2v) is 13.2. The van der Waals surface area contributed by atoms with Gasteiger partial charge in [0.1, 0.15) is 17.9 Å². The Balaban J connectivity index is 2.05. The van der Waals surface area contributed by atoms with Crippen molar-refractivity contribution in [3.05, 3.63) is 66.2 Å². The molecule has 0 bridgehead atoms. The summed E-state index contributed by atoms with van der Waals surface area (Å²) in [6, 6.07) is 17.5. The van der Waals surface area contributed by atoms with Crippen LogP contribution in [0.15, 0.2) is 60.7 Å². The molecule has 0 aliphatic rings. The van der Waals surface area contributed by atoms with Crippen molar-refractivity contribution in [1.29, 1.82) is 0 Å². The predicted octanol–water partition coefficient (Wildman–Crippen LogP) is 10.0. The Kier molecular flexibility index (Phi) is 17.2. The fourth-order valence-corrected chi connectivity index (χ4v) is 6.28. The van der Waals surface area contributed by atoms with E-state index in [1.165, 1.54) is 51.4 Å². The zero-order valence-corrected chi connectivity index (χ0v) is 25.6. The normalized spacial score (nSPS) is 13.6. The van der Waals surface area contributed by atoms with Gasteiger partial charge in [0.15, 0.2) is 0 Å². The Labute approximate surface area is 241 Å².